The van der Waals surface area contributed by atoms with Gasteiger partial charge < -0.3 is 26.0 Å². The first-order chi connectivity index (χ1) is 16.4. The van der Waals surface area contributed by atoms with Gasteiger partial charge in [0.1, 0.15) is 17.7 Å². The van der Waals surface area contributed by atoms with Crippen LogP contribution in [0.15, 0.2) is 18.2 Å². The van der Waals surface area contributed by atoms with Gasteiger partial charge in [0.2, 0.25) is 17.7 Å². The molecule has 1 aromatic carbocycles. The van der Waals surface area contributed by atoms with Crippen LogP contribution in [-0.4, -0.2) is 51.9 Å². The van der Waals surface area contributed by atoms with Gasteiger partial charge in [0.15, 0.2) is 0 Å². The lowest BCUT2D eigenvalue weighted by molar-refractivity contribution is -0.146. The van der Waals surface area contributed by atoms with E-state index in [4.69, 9.17) is 10.5 Å². The number of nitrogens with zero attached hydrogens (tertiary/aromatic N) is 1. The van der Waals surface area contributed by atoms with Gasteiger partial charge in [0.25, 0.3) is 0 Å². The minimum Gasteiger partial charge on any atom is -0.444 e. The predicted molar refractivity (Wildman–Crippen MR) is 140 cm³/mol. The van der Waals surface area contributed by atoms with E-state index in [0.717, 1.165) is 11.1 Å². The molecular formula is C27H44N4O5. The van der Waals surface area contributed by atoms with Crippen molar-refractivity contribution in [1.82, 2.24) is 15.5 Å². The Morgan fingerprint density at radius 2 is 1.64 bits per heavy atom. The van der Waals surface area contributed by atoms with Crippen molar-refractivity contribution in [3.8, 4) is 0 Å². The van der Waals surface area contributed by atoms with E-state index < -0.39 is 53.6 Å². The molecule has 3 atom stereocenters. The molecule has 4 amide bonds. The van der Waals surface area contributed by atoms with Gasteiger partial charge in [-0.3, -0.25) is 14.4 Å². The minimum atomic E-state index is -1.30. The molecule has 0 bridgehead atoms. The second kappa shape index (κ2) is 12.2. The smallest absolute Gasteiger partial charge is 0.408 e. The molecule has 9 heteroatoms. The van der Waals surface area contributed by atoms with Crippen molar-refractivity contribution in [3.63, 3.8) is 0 Å². The lowest BCUT2D eigenvalue weighted by atomic mass is 9.94. The van der Waals surface area contributed by atoms with E-state index >= 15 is 0 Å². The average Bonchev–Trinajstić information content (AvgIpc) is 2.68. The molecule has 0 radical (unpaired) electrons. The number of hydrogen-bond acceptors (Lipinski definition) is 5. The van der Waals surface area contributed by atoms with Gasteiger partial charge in [0, 0.05) is 11.6 Å². The highest BCUT2D eigenvalue weighted by atomic mass is 16.6. The van der Waals surface area contributed by atoms with Crippen molar-refractivity contribution in [2.75, 3.05) is 0 Å². The van der Waals surface area contributed by atoms with Crippen molar-refractivity contribution >= 4 is 23.8 Å². The molecular weight excluding hydrogens is 460 g/mol. The highest BCUT2D eigenvalue weighted by Gasteiger charge is 2.40. The first-order valence-electron chi connectivity index (χ1n) is 12.4. The van der Waals surface area contributed by atoms with Crippen molar-refractivity contribution < 1.29 is 23.9 Å². The third kappa shape index (κ3) is 9.51. The number of hydrogen-bond donors (Lipinski definition) is 3. The number of carbonyl (C=O) groups is 4. The highest BCUT2D eigenvalue weighted by molar-refractivity contribution is 5.95. The van der Waals surface area contributed by atoms with Gasteiger partial charge >= 0.3 is 6.09 Å². The van der Waals surface area contributed by atoms with E-state index in [1.807, 2.05) is 66.7 Å². The maximum atomic E-state index is 14.0. The topological polar surface area (TPSA) is 131 Å². The fourth-order valence-corrected chi connectivity index (χ4v) is 3.81. The summed E-state index contributed by atoms with van der Waals surface area (Å²) in [5, 5.41) is 5.49. The molecule has 1 aromatic rings. The standard InChI is InChI=1S/C27H44N4O5/c1-11-18(4)31(24(34)20(15-21(28)32)29-25(35)36-27(8,9)10)22(23(33)30-26(5,6)7)19-13-12-16(2)14-17(19)3/h12-14,18,20,22H,11,15H2,1-10H3,(H2,28,32)(H,29,35)(H,30,33). The van der Waals surface area contributed by atoms with Gasteiger partial charge in [-0.05, 0) is 79.9 Å². The fourth-order valence-electron chi connectivity index (χ4n) is 3.81. The van der Waals surface area contributed by atoms with Crippen molar-refractivity contribution in [2.45, 2.75) is 111 Å². The molecule has 36 heavy (non-hydrogen) atoms. The Kier molecular flexibility index (Phi) is 10.5. The zero-order valence-corrected chi connectivity index (χ0v) is 23.4. The number of amides is 4. The molecule has 0 heterocycles. The maximum Gasteiger partial charge on any atom is 0.408 e. The average molecular weight is 505 g/mol. The molecule has 0 aromatic heterocycles. The van der Waals surface area contributed by atoms with Crippen LogP contribution in [0.2, 0.25) is 0 Å². The molecule has 0 spiro atoms. The molecule has 9 nitrogen and oxygen atoms in total. The predicted octanol–water partition coefficient (Wildman–Crippen LogP) is 3.66. The second-order valence-corrected chi connectivity index (χ2v) is 11.4. The van der Waals surface area contributed by atoms with E-state index in [2.05, 4.69) is 10.6 Å². The van der Waals surface area contributed by atoms with Gasteiger partial charge in [-0.15, -0.1) is 0 Å². The van der Waals surface area contributed by atoms with Crippen molar-refractivity contribution in [2.24, 2.45) is 5.73 Å². The van der Waals surface area contributed by atoms with Crippen LogP contribution in [-0.2, 0) is 19.1 Å². The maximum absolute atomic E-state index is 14.0. The molecule has 0 aliphatic heterocycles. The fraction of sp³-hybridized carbons (Fsp3) is 0.630. The molecule has 4 N–H and O–H groups in total. The SMILES string of the molecule is CCC(C)N(C(=O)C(CC(N)=O)NC(=O)OC(C)(C)C)C(C(=O)NC(C)(C)C)c1ccc(C)cc1C. The Labute approximate surface area is 215 Å². The normalized spacial score (nSPS) is 14.3. The lowest BCUT2D eigenvalue weighted by Crippen LogP contribution is -2.57. The molecule has 0 saturated heterocycles. The molecule has 0 saturated carbocycles. The third-order valence-corrected chi connectivity index (χ3v) is 5.46. The van der Waals surface area contributed by atoms with Crippen LogP contribution in [0.25, 0.3) is 0 Å². The number of nitrogens with one attached hydrogen (secondary N) is 2. The Hall–Kier alpha value is -3.10. The summed E-state index contributed by atoms with van der Waals surface area (Å²) in [6.07, 6.45) is -0.759. The number of ether oxygens (including phenoxy) is 1. The summed E-state index contributed by atoms with van der Waals surface area (Å²) in [7, 11) is 0. The third-order valence-electron chi connectivity index (χ3n) is 5.46. The van der Waals surface area contributed by atoms with E-state index in [1.54, 1.807) is 20.8 Å². The number of primary amides is 1. The largest absolute Gasteiger partial charge is 0.444 e. The van der Waals surface area contributed by atoms with Crippen molar-refractivity contribution in [3.05, 3.63) is 34.9 Å². The summed E-state index contributed by atoms with van der Waals surface area (Å²) in [6, 6.07) is 2.98. The number of benzene rings is 1. The van der Waals surface area contributed by atoms with Gasteiger partial charge in [-0.25, -0.2) is 4.79 Å². The summed E-state index contributed by atoms with van der Waals surface area (Å²) in [5.41, 5.74) is 6.59. The molecule has 202 valence electrons. The zero-order chi connectivity index (χ0) is 28.0. The minimum absolute atomic E-state index is 0.363. The summed E-state index contributed by atoms with van der Waals surface area (Å²) in [4.78, 5) is 53.6. The Morgan fingerprint density at radius 1 is 1.06 bits per heavy atom. The van der Waals surface area contributed by atoms with E-state index in [9.17, 15) is 19.2 Å². The first-order valence-corrected chi connectivity index (χ1v) is 12.4. The number of rotatable bonds is 9. The van der Waals surface area contributed by atoms with Gasteiger partial charge in [-0.2, -0.15) is 0 Å². The Balaban J connectivity index is 3.65. The molecule has 1 rings (SSSR count). The van der Waals surface area contributed by atoms with Crippen LogP contribution in [0.4, 0.5) is 4.79 Å². The highest BCUT2D eigenvalue weighted by Crippen LogP contribution is 2.30. The second-order valence-electron chi connectivity index (χ2n) is 11.4. The molecule has 0 aliphatic carbocycles. The number of carbonyl (C=O) groups excluding carboxylic acids is 4. The molecule has 3 unspecified atom stereocenters. The van der Waals surface area contributed by atoms with Crippen LogP contribution in [0, 0.1) is 13.8 Å². The van der Waals surface area contributed by atoms with Crippen LogP contribution in [0.3, 0.4) is 0 Å². The summed E-state index contributed by atoms with van der Waals surface area (Å²) in [5.74, 6) is -1.73. The van der Waals surface area contributed by atoms with Crippen LogP contribution in [0.5, 0.6) is 0 Å². The zero-order valence-electron chi connectivity index (χ0n) is 23.4. The van der Waals surface area contributed by atoms with Gasteiger partial charge in [-0.1, -0.05) is 30.7 Å². The van der Waals surface area contributed by atoms with Crippen LogP contribution in [0.1, 0.15) is 91.0 Å². The van der Waals surface area contributed by atoms with Crippen LogP contribution >= 0.6 is 0 Å². The summed E-state index contributed by atoms with van der Waals surface area (Å²) < 4.78 is 5.31. The number of nitrogens with two attached hydrogens (primary N) is 1. The Bertz CT molecular complexity index is 962. The van der Waals surface area contributed by atoms with Gasteiger partial charge in [0.05, 0.1) is 6.42 Å². The van der Waals surface area contributed by atoms with Crippen LogP contribution < -0.4 is 16.4 Å². The quantitative estimate of drug-likeness (QED) is 0.472. The molecule has 0 aliphatic rings. The lowest BCUT2D eigenvalue weighted by Gasteiger charge is -2.39. The summed E-state index contributed by atoms with van der Waals surface area (Å²) >= 11 is 0. The van der Waals surface area contributed by atoms with E-state index in [0.29, 0.717) is 12.0 Å². The van der Waals surface area contributed by atoms with E-state index in [1.165, 1.54) is 4.90 Å². The first kappa shape index (κ1) is 30.9. The van der Waals surface area contributed by atoms with E-state index in [-0.39, 0.29) is 5.91 Å². The monoisotopic (exact) mass is 504 g/mol. The Morgan fingerprint density at radius 3 is 2.08 bits per heavy atom. The number of aryl methyl sites for hydroxylation is 2. The summed E-state index contributed by atoms with van der Waals surface area (Å²) in [6.45, 7) is 18.2. The number of alkyl carbamates (subject to hydrolysis) is 1. The van der Waals surface area contributed by atoms with Crippen molar-refractivity contribution in [1.29, 1.82) is 0 Å². The molecule has 0 fully saturated rings.